The fourth-order valence-corrected chi connectivity index (χ4v) is 5.18. The van der Waals surface area contributed by atoms with E-state index >= 15 is 0 Å². The van der Waals surface area contributed by atoms with Gasteiger partial charge in [-0.3, -0.25) is 0 Å². The third-order valence-corrected chi connectivity index (χ3v) is 6.55. The highest BCUT2D eigenvalue weighted by molar-refractivity contribution is 5.10. The lowest BCUT2D eigenvalue weighted by Gasteiger charge is -2.60. The first-order valence-corrected chi connectivity index (χ1v) is 8.91. The quantitative estimate of drug-likeness (QED) is 0.784. The second-order valence-electron chi connectivity index (χ2n) is 7.84. The van der Waals surface area contributed by atoms with E-state index in [0.29, 0.717) is 13.0 Å². The zero-order valence-corrected chi connectivity index (χ0v) is 14.4. The Morgan fingerprint density at radius 3 is 2.70 bits per heavy atom. The van der Waals surface area contributed by atoms with Gasteiger partial charge in [0.2, 0.25) is 5.79 Å². The van der Waals surface area contributed by atoms with Gasteiger partial charge in [-0.25, -0.2) is 9.78 Å². The van der Waals surface area contributed by atoms with Crippen LogP contribution in [0.15, 0.2) is 0 Å². The summed E-state index contributed by atoms with van der Waals surface area (Å²) in [6.07, 6.45) is 1.10. The molecule has 23 heavy (non-hydrogen) atoms. The topological polar surface area (TPSA) is 66.4 Å². The zero-order chi connectivity index (χ0) is 16.4. The van der Waals surface area contributed by atoms with Crippen LogP contribution >= 0.6 is 0 Å². The van der Waals surface area contributed by atoms with E-state index in [-0.39, 0.29) is 36.1 Å². The minimum Gasteiger partial charge on any atom is -0.393 e. The maximum Gasteiger partial charge on any atom is 0.201 e. The first kappa shape index (κ1) is 16.2. The Morgan fingerprint density at radius 2 is 1.96 bits per heavy atom. The first-order chi connectivity index (χ1) is 10.9. The molecule has 0 amide bonds. The molecule has 1 aliphatic carbocycles. The second kappa shape index (κ2) is 5.38. The summed E-state index contributed by atoms with van der Waals surface area (Å²) in [5, 5.41) is 10.6. The van der Waals surface area contributed by atoms with Gasteiger partial charge in [-0.05, 0) is 32.6 Å². The molecule has 5 aliphatic rings. The summed E-state index contributed by atoms with van der Waals surface area (Å²) >= 11 is 0. The summed E-state index contributed by atoms with van der Waals surface area (Å²) in [5.74, 6) is -0.335. The Labute approximate surface area is 137 Å². The van der Waals surface area contributed by atoms with E-state index in [4.69, 9.17) is 24.0 Å². The number of aliphatic hydroxyl groups is 1. The molecule has 1 saturated carbocycles. The number of ether oxygens (including phenoxy) is 3. The van der Waals surface area contributed by atoms with E-state index in [9.17, 15) is 5.11 Å². The maximum absolute atomic E-state index is 10.6. The molecule has 132 valence electrons. The molecule has 6 heteroatoms. The van der Waals surface area contributed by atoms with Crippen LogP contribution in [0.2, 0.25) is 0 Å². The van der Waals surface area contributed by atoms with Gasteiger partial charge in [-0.1, -0.05) is 13.8 Å². The Bertz CT molecular complexity index is 468. The fourth-order valence-electron chi connectivity index (χ4n) is 5.18. The van der Waals surface area contributed by atoms with E-state index in [0.717, 1.165) is 12.8 Å². The van der Waals surface area contributed by atoms with Crippen LogP contribution in [0.5, 0.6) is 0 Å². The third kappa shape index (κ3) is 2.16. The lowest BCUT2D eigenvalue weighted by molar-refractivity contribution is -0.578. The molecular formula is C17H28O6. The molecule has 0 aromatic rings. The van der Waals surface area contributed by atoms with Crippen LogP contribution < -0.4 is 0 Å². The molecular weight excluding hydrogens is 300 g/mol. The smallest absolute Gasteiger partial charge is 0.201 e. The van der Waals surface area contributed by atoms with Gasteiger partial charge in [0.15, 0.2) is 18.2 Å². The Morgan fingerprint density at radius 1 is 1.17 bits per heavy atom. The Hall–Kier alpha value is -0.240. The van der Waals surface area contributed by atoms with Gasteiger partial charge in [0.1, 0.15) is 0 Å². The SMILES string of the molecule is CCO[C@H]1O[C@@H]2O[C@@]3(C)CC[C@H]4C(C)[C@@H](O)C[C@@H]([C@H]1C)[C@@]24OO3. The molecule has 0 aromatic heterocycles. The summed E-state index contributed by atoms with van der Waals surface area (Å²) in [7, 11) is 0. The highest BCUT2D eigenvalue weighted by atomic mass is 17.3. The highest BCUT2D eigenvalue weighted by Gasteiger charge is 2.70. The van der Waals surface area contributed by atoms with Gasteiger partial charge in [-0.2, -0.15) is 0 Å². The summed E-state index contributed by atoms with van der Waals surface area (Å²) in [4.78, 5) is 11.8. The monoisotopic (exact) mass is 328 g/mol. The van der Waals surface area contributed by atoms with Crippen molar-refractivity contribution in [2.75, 3.05) is 6.61 Å². The lowest BCUT2D eigenvalue weighted by atomic mass is 9.57. The predicted octanol–water partition coefficient (Wildman–Crippen LogP) is 2.20. The van der Waals surface area contributed by atoms with Crippen molar-refractivity contribution in [3.05, 3.63) is 0 Å². The van der Waals surface area contributed by atoms with Crippen molar-refractivity contribution in [3.8, 4) is 0 Å². The van der Waals surface area contributed by atoms with E-state index < -0.39 is 17.7 Å². The van der Waals surface area contributed by atoms with Crippen LogP contribution in [0.4, 0.5) is 0 Å². The van der Waals surface area contributed by atoms with E-state index in [1.807, 2.05) is 13.8 Å². The Kier molecular flexibility index (Phi) is 3.80. The summed E-state index contributed by atoms with van der Waals surface area (Å²) in [5.41, 5.74) is -0.651. The summed E-state index contributed by atoms with van der Waals surface area (Å²) in [6, 6.07) is 0. The number of hydrogen-bond acceptors (Lipinski definition) is 6. The van der Waals surface area contributed by atoms with E-state index in [1.54, 1.807) is 0 Å². The van der Waals surface area contributed by atoms with Crippen molar-refractivity contribution in [1.82, 2.24) is 0 Å². The summed E-state index contributed by atoms with van der Waals surface area (Å²) in [6.45, 7) is 8.64. The molecule has 1 N–H and O–H groups in total. The first-order valence-electron chi connectivity index (χ1n) is 8.91. The molecule has 5 fully saturated rings. The molecule has 0 aromatic carbocycles. The fraction of sp³-hybridized carbons (Fsp3) is 1.00. The van der Waals surface area contributed by atoms with Crippen LogP contribution in [0, 0.1) is 23.7 Å². The molecule has 1 spiro atoms. The van der Waals surface area contributed by atoms with Crippen molar-refractivity contribution in [1.29, 1.82) is 0 Å². The molecule has 9 atom stereocenters. The van der Waals surface area contributed by atoms with Gasteiger partial charge in [0, 0.05) is 30.8 Å². The van der Waals surface area contributed by atoms with Crippen LogP contribution in [-0.2, 0) is 24.0 Å². The van der Waals surface area contributed by atoms with Crippen molar-refractivity contribution < 1.29 is 29.1 Å². The highest BCUT2D eigenvalue weighted by Crippen LogP contribution is 2.60. The molecule has 2 bridgehead atoms. The van der Waals surface area contributed by atoms with E-state index in [1.165, 1.54) is 0 Å². The number of hydrogen-bond donors (Lipinski definition) is 1. The van der Waals surface area contributed by atoms with Crippen molar-refractivity contribution in [3.63, 3.8) is 0 Å². The minimum absolute atomic E-state index is 0.0802. The number of aliphatic hydroxyl groups excluding tert-OH is 1. The van der Waals surface area contributed by atoms with Crippen LogP contribution in [0.3, 0.4) is 0 Å². The maximum atomic E-state index is 10.6. The molecule has 1 unspecified atom stereocenters. The molecule has 4 heterocycles. The normalized spacial score (nSPS) is 58.6. The average molecular weight is 328 g/mol. The van der Waals surface area contributed by atoms with Crippen molar-refractivity contribution in [2.24, 2.45) is 23.7 Å². The lowest BCUT2D eigenvalue weighted by Crippen LogP contribution is -2.72. The molecule has 0 radical (unpaired) electrons. The molecule has 4 aliphatic heterocycles. The number of fused-ring (bicyclic) bond motifs is 2. The average Bonchev–Trinajstić information content (AvgIpc) is 2.74. The standard InChI is InChI=1S/C17H28O6/c1-5-19-14-10(3)12-8-13(18)9(2)11-6-7-16(4)21-15(20-14)17(11,12)23-22-16/h9-15,18H,5-8H2,1-4H3/t9?,10-,11+,12+,13+,14+,15-,16-,17-/m1/s1. The van der Waals surface area contributed by atoms with Gasteiger partial charge in [-0.15, -0.1) is 0 Å². The zero-order valence-electron chi connectivity index (χ0n) is 14.4. The predicted molar refractivity (Wildman–Crippen MR) is 79.8 cm³/mol. The van der Waals surface area contributed by atoms with Crippen LogP contribution in [0.25, 0.3) is 0 Å². The minimum atomic E-state index is -0.792. The van der Waals surface area contributed by atoms with Crippen molar-refractivity contribution in [2.45, 2.75) is 77.0 Å². The van der Waals surface area contributed by atoms with Gasteiger partial charge < -0.3 is 19.3 Å². The second-order valence-corrected chi connectivity index (χ2v) is 7.84. The van der Waals surface area contributed by atoms with E-state index in [2.05, 4.69) is 13.8 Å². The van der Waals surface area contributed by atoms with Gasteiger partial charge in [0.05, 0.1) is 6.10 Å². The number of rotatable bonds is 2. The molecule has 5 rings (SSSR count). The van der Waals surface area contributed by atoms with Gasteiger partial charge >= 0.3 is 0 Å². The van der Waals surface area contributed by atoms with Gasteiger partial charge in [0.25, 0.3) is 0 Å². The van der Waals surface area contributed by atoms with Crippen molar-refractivity contribution >= 4 is 0 Å². The largest absolute Gasteiger partial charge is 0.393 e. The third-order valence-electron chi connectivity index (χ3n) is 6.55. The summed E-state index contributed by atoms with van der Waals surface area (Å²) < 4.78 is 18.2. The Balaban J connectivity index is 1.77. The molecule has 6 nitrogen and oxygen atoms in total. The molecule has 4 saturated heterocycles. The van der Waals surface area contributed by atoms with Crippen LogP contribution in [-0.4, -0.2) is 41.8 Å². The van der Waals surface area contributed by atoms with Crippen LogP contribution in [0.1, 0.15) is 47.0 Å².